The zero-order valence-corrected chi connectivity index (χ0v) is 25.1. The number of aliphatic hydroxyl groups is 1. The van der Waals surface area contributed by atoms with E-state index in [0.29, 0.717) is 36.4 Å². The molecule has 1 spiro atoms. The third kappa shape index (κ3) is 5.71. The van der Waals surface area contributed by atoms with Crippen molar-refractivity contribution in [1.82, 2.24) is 4.90 Å². The summed E-state index contributed by atoms with van der Waals surface area (Å²) in [7, 11) is 0. The summed E-state index contributed by atoms with van der Waals surface area (Å²) in [4.78, 5) is 45.7. The molecule has 3 heterocycles. The highest BCUT2D eigenvalue weighted by Crippen LogP contribution is 2.64. The number of unbranched alkanes of at least 4 members (excludes halogenated alkanes) is 2. The number of hydrogen-bond acceptors (Lipinski definition) is 6. The standard InChI is InChI=1S/C32H43ClN2O6/c1-6-8-9-10-18-40-30(39)26-25-28(37)35(24(20-36)19-21(3)4)27(32(25)16-15-31(26,5)41-32)29(38)34(17-7-2)23-13-11-22(33)12-14-23/h6-7,11-14,21,24-27,36H,1-2,8-10,15-20H2,3-5H3/t24-,25+,26+,27?,31-,32?/m1/s1. The molecule has 1 aromatic rings. The summed E-state index contributed by atoms with van der Waals surface area (Å²) in [6, 6.07) is 5.26. The molecule has 3 fully saturated rings. The first-order valence-electron chi connectivity index (χ1n) is 14.6. The Morgan fingerprint density at radius 2 is 1.93 bits per heavy atom. The Kier molecular flexibility index (Phi) is 9.66. The van der Waals surface area contributed by atoms with E-state index in [-0.39, 0.29) is 37.5 Å². The summed E-state index contributed by atoms with van der Waals surface area (Å²) < 4.78 is 12.4. The fourth-order valence-corrected chi connectivity index (χ4v) is 7.21. The van der Waals surface area contributed by atoms with Crippen molar-refractivity contribution in [2.75, 3.05) is 24.7 Å². The van der Waals surface area contributed by atoms with Crippen molar-refractivity contribution in [2.45, 2.75) is 82.6 Å². The van der Waals surface area contributed by atoms with Gasteiger partial charge in [-0.15, -0.1) is 13.2 Å². The second kappa shape index (κ2) is 12.7. The van der Waals surface area contributed by atoms with E-state index in [0.717, 1.165) is 12.8 Å². The molecule has 3 aliphatic heterocycles. The van der Waals surface area contributed by atoms with Gasteiger partial charge in [-0.25, -0.2) is 0 Å². The van der Waals surface area contributed by atoms with Gasteiger partial charge in [-0.2, -0.15) is 0 Å². The van der Waals surface area contributed by atoms with E-state index in [2.05, 4.69) is 13.2 Å². The lowest BCUT2D eigenvalue weighted by molar-refractivity contribution is -0.160. The number of hydrogen-bond donors (Lipinski definition) is 1. The molecule has 2 amide bonds. The lowest BCUT2D eigenvalue weighted by Gasteiger charge is -2.40. The number of rotatable bonds is 14. The number of anilines is 1. The molecule has 0 aliphatic carbocycles. The molecule has 4 rings (SSSR count). The number of allylic oxidation sites excluding steroid dienone is 1. The van der Waals surface area contributed by atoms with Crippen LogP contribution in [0.5, 0.6) is 0 Å². The highest BCUT2D eigenvalue weighted by Gasteiger charge is 2.79. The quantitative estimate of drug-likeness (QED) is 0.189. The van der Waals surface area contributed by atoms with Crippen LogP contribution < -0.4 is 4.90 Å². The van der Waals surface area contributed by atoms with E-state index in [4.69, 9.17) is 21.1 Å². The molecule has 1 aromatic carbocycles. The zero-order valence-electron chi connectivity index (χ0n) is 24.4. The van der Waals surface area contributed by atoms with Crippen LogP contribution in [0.15, 0.2) is 49.6 Å². The number of halogens is 1. The maximum Gasteiger partial charge on any atom is 0.312 e. The molecule has 0 aromatic heterocycles. The van der Waals surface area contributed by atoms with Gasteiger partial charge in [-0.3, -0.25) is 14.4 Å². The van der Waals surface area contributed by atoms with Crippen molar-refractivity contribution in [2.24, 2.45) is 17.8 Å². The largest absolute Gasteiger partial charge is 0.465 e. The van der Waals surface area contributed by atoms with Gasteiger partial charge in [0.1, 0.15) is 17.6 Å². The van der Waals surface area contributed by atoms with Gasteiger partial charge in [0.05, 0.1) is 30.8 Å². The summed E-state index contributed by atoms with van der Waals surface area (Å²) >= 11 is 6.12. The Hall–Kier alpha value is -2.68. The van der Waals surface area contributed by atoms with Gasteiger partial charge < -0.3 is 24.4 Å². The van der Waals surface area contributed by atoms with Crippen LogP contribution in [-0.4, -0.2) is 70.8 Å². The van der Waals surface area contributed by atoms with Crippen molar-refractivity contribution >= 4 is 35.1 Å². The maximum absolute atomic E-state index is 14.6. The zero-order chi connectivity index (χ0) is 29.9. The molecule has 41 heavy (non-hydrogen) atoms. The third-order valence-corrected chi connectivity index (χ3v) is 9.06. The highest BCUT2D eigenvalue weighted by molar-refractivity contribution is 6.30. The van der Waals surface area contributed by atoms with Gasteiger partial charge >= 0.3 is 5.97 Å². The summed E-state index contributed by atoms with van der Waals surface area (Å²) in [6.45, 7) is 13.6. The number of carbonyl (C=O) groups is 3. The Morgan fingerprint density at radius 1 is 1.22 bits per heavy atom. The number of nitrogens with zero attached hydrogens (tertiary/aromatic N) is 2. The SMILES string of the molecule is C=CCCCCOC(=O)[C@@H]1[C@H]2C(=O)N([C@@H](CO)CC(C)C)C(C(=O)N(CC=C)c3ccc(Cl)cc3)C23CC[C@@]1(C)O3. The van der Waals surface area contributed by atoms with E-state index in [9.17, 15) is 19.5 Å². The number of amides is 2. The summed E-state index contributed by atoms with van der Waals surface area (Å²) in [5, 5.41) is 11.0. The van der Waals surface area contributed by atoms with Gasteiger partial charge in [-0.1, -0.05) is 37.6 Å². The molecule has 3 saturated heterocycles. The van der Waals surface area contributed by atoms with Crippen molar-refractivity contribution in [1.29, 1.82) is 0 Å². The normalized spacial score (nSPS) is 29.0. The molecular weight excluding hydrogens is 544 g/mol. The lowest BCUT2D eigenvalue weighted by atomic mass is 9.66. The van der Waals surface area contributed by atoms with Crippen LogP contribution in [0.25, 0.3) is 0 Å². The third-order valence-electron chi connectivity index (χ3n) is 8.81. The first kappa shape index (κ1) is 31.3. The van der Waals surface area contributed by atoms with Crippen LogP contribution in [0, 0.1) is 17.8 Å². The monoisotopic (exact) mass is 586 g/mol. The van der Waals surface area contributed by atoms with Crippen molar-refractivity contribution in [3.8, 4) is 0 Å². The topological polar surface area (TPSA) is 96.4 Å². The van der Waals surface area contributed by atoms with E-state index in [1.54, 1.807) is 35.2 Å². The van der Waals surface area contributed by atoms with Crippen LogP contribution in [0.3, 0.4) is 0 Å². The minimum absolute atomic E-state index is 0.153. The second-order valence-electron chi connectivity index (χ2n) is 12.1. The molecule has 224 valence electrons. The Bertz CT molecular complexity index is 1160. The Labute approximate surface area is 248 Å². The average Bonchev–Trinajstić information content (AvgIpc) is 3.51. The van der Waals surface area contributed by atoms with Crippen LogP contribution in [0.2, 0.25) is 5.02 Å². The number of ether oxygens (including phenoxy) is 2. The molecule has 3 aliphatic rings. The van der Waals surface area contributed by atoms with Crippen LogP contribution in [-0.2, 0) is 23.9 Å². The molecule has 0 radical (unpaired) electrons. The molecule has 9 heteroatoms. The fraction of sp³-hybridized carbons (Fsp3) is 0.594. The maximum atomic E-state index is 14.6. The second-order valence-corrected chi connectivity index (χ2v) is 12.5. The smallest absolute Gasteiger partial charge is 0.312 e. The number of fused-ring (bicyclic) bond motifs is 1. The van der Waals surface area contributed by atoms with E-state index in [1.165, 1.54) is 4.90 Å². The van der Waals surface area contributed by atoms with Gasteiger partial charge in [0, 0.05) is 17.3 Å². The summed E-state index contributed by atoms with van der Waals surface area (Å²) in [5.74, 6) is -2.72. The van der Waals surface area contributed by atoms with Crippen molar-refractivity contribution < 1.29 is 29.0 Å². The van der Waals surface area contributed by atoms with E-state index >= 15 is 0 Å². The van der Waals surface area contributed by atoms with Crippen molar-refractivity contribution in [3.63, 3.8) is 0 Å². The molecule has 2 unspecified atom stereocenters. The minimum atomic E-state index is -1.22. The minimum Gasteiger partial charge on any atom is -0.465 e. The Balaban J connectivity index is 1.75. The predicted octanol–water partition coefficient (Wildman–Crippen LogP) is 4.93. The number of benzene rings is 1. The number of carbonyl (C=O) groups excluding carboxylic acids is 3. The molecule has 6 atom stereocenters. The van der Waals surface area contributed by atoms with Gasteiger partial charge in [-0.05, 0) is 75.6 Å². The molecule has 8 nitrogen and oxygen atoms in total. The number of likely N-dealkylation sites (tertiary alicyclic amines) is 1. The van der Waals surface area contributed by atoms with Crippen LogP contribution >= 0.6 is 11.6 Å². The predicted molar refractivity (Wildman–Crippen MR) is 158 cm³/mol. The first-order chi connectivity index (χ1) is 19.5. The Morgan fingerprint density at radius 3 is 2.54 bits per heavy atom. The molecule has 0 saturated carbocycles. The molecule has 2 bridgehead atoms. The van der Waals surface area contributed by atoms with Gasteiger partial charge in [0.15, 0.2) is 0 Å². The lowest BCUT2D eigenvalue weighted by Crippen LogP contribution is -2.59. The van der Waals surface area contributed by atoms with E-state index < -0.39 is 41.1 Å². The number of esters is 1. The summed E-state index contributed by atoms with van der Waals surface area (Å²) in [6.07, 6.45) is 7.28. The first-order valence-corrected chi connectivity index (χ1v) is 15.0. The van der Waals surface area contributed by atoms with Crippen LogP contribution in [0.1, 0.15) is 59.3 Å². The van der Waals surface area contributed by atoms with Crippen LogP contribution in [0.4, 0.5) is 5.69 Å². The van der Waals surface area contributed by atoms with Crippen molar-refractivity contribution in [3.05, 3.63) is 54.6 Å². The number of aliphatic hydroxyl groups excluding tert-OH is 1. The van der Waals surface area contributed by atoms with E-state index in [1.807, 2.05) is 26.8 Å². The van der Waals surface area contributed by atoms with Gasteiger partial charge in [0.2, 0.25) is 5.91 Å². The highest BCUT2D eigenvalue weighted by atomic mass is 35.5. The molecule has 1 N–H and O–H groups in total. The van der Waals surface area contributed by atoms with Gasteiger partial charge in [0.25, 0.3) is 5.91 Å². The average molecular weight is 587 g/mol. The molecular formula is C32H43ClN2O6. The fourth-order valence-electron chi connectivity index (χ4n) is 7.09. The summed E-state index contributed by atoms with van der Waals surface area (Å²) in [5.41, 5.74) is -1.55.